The fourth-order valence-electron chi connectivity index (χ4n) is 3.79. The summed E-state index contributed by atoms with van der Waals surface area (Å²) >= 11 is 0. The van der Waals surface area contributed by atoms with Gasteiger partial charge in [-0.15, -0.1) is 0 Å². The molecule has 2 N–H and O–H groups in total. The van der Waals surface area contributed by atoms with Crippen molar-refractivity contribution in [3.8, 4) is 0 Å². The lowest BCUT2D eigenvalue weighted by molar-refractivity contribution is 0.102. The number of benzene rings is 1. The standard InChI is InChI=1S/C21H26N6O/c1-14(11-19-15(2)23-24-16(19)3)26-9-10-27-18(13-26)12-20(25-27)21(28)22-17-7-5-4-6-8-17/h4-8,12,14H,9-11,13H2,1-3H3,(H,22,28)(H,23,24)/t14-/m1/s1. The number of rotatable bonds is 5. The number of hydrogen-bond acceptors (Lipinski definition) is 4. The van der Waals surface area contributed by atoms with Gasteiger partial charge >= 0.3 is 0 Å². The predicted octanol–water partition coefficient (Wildman–Crippen LogP) is 2.92. The molecule has 28 heavy (non-hydrogen) atoms. The Balaban J connectivity index is 1.43. The summed E-state index contributed by atoms with van der Waals surface area (Å²) in [6.07, 6.45) is 0.962. The summed E-state index contributed by atoms with van der Waals surface area (Å²) in [7, 11) is 0. The average Bonchev–Trinajstić information content (AvgIpc) is 3.26. The minimum Gasteiger partial charge on any atom is -0.321 e. The summed E-state index contributed by atoms with van der Waals surface area (Å²) in [5.74, 6) is -0.169. The average molecular weight is 378 g/mol. The van der Waals surface area contributed by atoms with E-state index in [9.17, 15) is 4.79 Å². The molecule has 0 fully saturated rings. The fourth-order valence-corrected chi connectivity index (χ4v) is 3.79. The van der Waals surface area contributed by atoms with E-state index >= 15 is 0 Å². The normalized spacial score (nSPS) is 15.2. The largest absolute Gasteiger partial charge is 0.321 e. The summed E-state index contributed by atoms with van der Waals surface area (Å²) in [5.41, 5.74) is 5.85. The number of hydrogen-bond donors (Lipinski definition) is 2. The Morgan fingerprint density at radius 2 is 2.04 bits per heavy atom. The molecule has 7 nitrogen and oxygen atoms in total. The summed E-state index contributed by atoms with van der Waals surface area (Å²) in [6, 6.07) is 11.8. The van der Waals surface area contributed by atoms with Gasteiger partial charge in [0, 0.05) is 30.5 Å². The topological polar surface area (TPSA) is 78.8 Å². The van der Waals surface area contributed by atoms with Crippen LogP contribution in [0.3, 0.4) is 0 Å². The van der Waals surface area contributed by atoms with Crippen molar-refractivity contribution in [1.82, 2.24) is 24.9 Å². The van der Waals surface area contributed by atoms with Crippen molar-refractivity contribution in [2.45, 2.75) is 46.3 Å². The molecule has 0 aliphatic carbocycles. The van der Waals surface area contributed by atoms with Crippen molar-refractivity contribution in [2.24, 2.45) is 0 Å². The monoisotopic (exact) mass is 378 g/mol. The molecule has 3 heterocycles. The molecule has 1 aliphatic heterocycles. The van der Waals surface area contributed by atoms with E-state index in [4.69, 9.17) is 0 Å². The molecule has 0 saturated carbocycles. The number of aromatic amines is 1. The van der Waals surface area contributed by atoms with Gasteiger partial charge in [-0.05, 0) is 51.0 Å². The number of amides is 1. The number of para-hydroxylation sites is 1. The minimum atomic E-state index is -0.169. The highest BCUT2D eigenvalue weighted by molar-refractivity contribution is 6.02. The van der Waals surface area contributed by atoms with Crippen molar-refractivity contribution in [2.75, 3.05) is 11.9 Å². The Hall–Kier alpha value is -2.93. The molecule has 7 heteroatoms. The SMILES string of the molecule is Cc1n[nH]c(C)c1C[C@@H](C)N1CCn2nc(C(=O)Nc3ccccc3)cc2C1. The lowest BCUT2D eigenvalue weighted by Crippen LogP contribution is -2.40. The smallest absolute Gasteiger partial charge is 0.276 e. The first-order valence-corrected chi connectivity index (χ1v) is 9.69. The third-order valence-corrected chi connectivity index (χ3v) is 5.50. The van der Waals surface area contributed by atoms with Crippen LogP contribution in [0, 0.1) is 13.8 Å². The number of carbonyl (C=O) groups excluding carboxylic acids is 1. The Morgan fingerprint density at radius 3 is 2.75 bits per heavy atom. The number of aryl methyl sites for hydroxylation is 2. The van der Waals surface area contributed by atoms with E-state index in [1.807, 2.05) is 41.1 Å². The number of nitrogens with one attached hydrogen (secondary N) is 2. The van der Waals surface area contributed by atoms with Crippen molar-refractivity contribution < 1.29 is 4.79 Å². The lowest BCUT2D eigenvalue weighted by atomic mass is 10.0. The van der Waals surface area contributed by atoms with Crippen molar-refractivity contribution in [1.29, 1.82) is 0 Å². The van der Waals surface area contributed by atoms with E-state index in [1.165, 1.54) is 5.56 Å². The molecule has 0 bridgehead atoms. The van der Waals surface area contributed by atoms with E-state index < -0.39 is 0 Å². The number of nitrogens with zero attached hydrogens (tertiary/aromatic N) is 4. The fraction of sp³-hybridized carbons (Fsp3) is 0.381. The molecule has 1 aromatic carbocycles. The maximum atomic E-state index is 12.5. The maximum absolute atomic E-state index is 12.5. The Kier molecular flexibility index (Phi) is 5.00. The molecule has 1 aliphatic rings. The number of anilines is 1. The number of aromatic nitrogens is 4. The van der Waals surface area contributed by atoms with Gasteiger partial charge in [0.1, 0.15) is 0 Å². The van der Waals surface area contributed by atoms with Gasteiger partial charge in [-0.1, -0.05) is 18.2 Å². The van der Waals surface area contributed by atoms with Crippen LogP contribution in [-0.4, -0.2) is 43.4 Å². The molecule has 0 unspecified atom stereocenters. The van der Waals surface area contributed by atoms with Crippen molar-refractivity contribution >= 4 is 11.6 Å². The zero-order chi connectivity index (χ0) is 19.7. The maximum Gasteiger partial charge on any atom is 0.276 e. The molecule has 0 saturated heterocycles. The Bertz CT molecular complexity index is 955. The van der Waals surface area contributed by atoms with Crippen LogP contribution in [0.4, 0.5) is 5.69 Å². The second kappa shape index (κ2) is 7.59. The van der Waals surface area contributed by atoms with Crippen molar-refractivity contribution in [3.63, 3.8) is 0 Å². The van der Waals surface area contributed by atoms with Gasteiger partial charge in [0.25, 0.3) is 5.91 Å². The Morgan fingerprint density at radius 1 is 1.25 bits per heavy atom. The molecular formula is C21H26N6O. The third-order valence-electron chi connectivity index (χ3n) is 5.50. The Labute approximate surface area is 164 Å². The molecule has 2 aromatic heterocycles. The van der Waals surface area contributed by atoms with Gasteiger partial charge in [-0.3, -0.25) is 19.5 Å². The van der Waals surface area contributed by atoms with Crippen LogP contribution in [0.15, 0.2) is 36.4 Å². The summed E-state index contributed by atoms with van der Waals surface area (Å²) in [4.78, 5) is 15.0. The minimum absolute atomic E-state index is 0.169. The summed E-state index contributed by atoms with van der Waals surface area (Å²) < 4.78 is 1.96. The first-order chi connectivity index (χ1) is 13.5. The molecule has 0 radical (unpaired) electrons. The number of fused-ring (bicyclic) bond motifs is 1. The molecular weight excluding hydrogens is 352 g/mol. The number of H-pyrrole nitrogens is 1. The van der Waals surface area contributed by atoms with Gasteiger partial charge in [-0.2, -0.15) is 10.2 Å². The molecule has 0 spiro atoms. The van der Waals surface area contributed by atoms with Gasteiger partial charge in [0.15, 0.2) is 5.69 Å². The van der Waals surface area contributed by atoms with Crippen LogP contribution in [-0.2, 0) is 19.5 Å². The van der Waals surface area contributed by atoms with Crippen LogP contribution >= 0.6 is 0 Å². The zero-order valence-corrected chi connectivity index (χ0v) is 16.6. The van der Waals surface area contributed by atoms with Crippen LogP contribution in [0.5, 0.6) is 0 Å². The van der Waals surface area contributed by atoms with Crippen LogP contribution < -0.4 is 5.32 Å². The van der Waals surface area contributed by atoms with E-state index in [2.05, 4.69) is 46.3 Å². The summed E-state index contributed by atoms with van der Waals surface area (Å²) in [6.45, 7) is 8.89. The first-order valence-electron chi connectivity index (χ1n) is 9.69. The predicted molar refractivity (Wildman–Crippen MR) is 108 cm³/mol. The lowest BCUT2D eigenvalue weighted by Gasteiger charge is -2.32. The molecule has 4 rings (SSSR count). The van der Waals surface area contributed by atoms with Crippen LogP contribution in [0.2, 0.25) is 0 Å². The second-order valence-electron chi connectivity index (χ2n) is 7.50. The second-order valence-corrected chi connectivity index (χ2v) is 7.50. The van der Waals surface area contributed by atoms with E-state index in [1.54, 1.807) is 0 Å². The van der Waals surface area contributed by atoms with E-state index in [0.29, 0.717) is 11.7 Å². The van der Waals surface area contributed by atoms with E-state index in [-0.39, 0.29) is 5.91 Å². The molecule has 146 valence electrons. The highest BCUT2D eigenvalue weighted by Crippen LogP contribution is 2.20. The van der Waals surface area contributed by atoms with Crippen LogP contribution in [0.1, 0.15) is 40.1 Å². The summed E-state index contributed by atoms with van der Waals surface area (Å²) in [5, 5.41) is 14.8. The van der Waals surface area contributed by atoms with Crippen molar-refractivity contribution in [3.05, 3.63) is 64.7 Å². The number of carbonyl (C=O) groups is 1. The quantitative estimate of drug-likeness (QED) is 0.715. The third kappa shape index (κ3) is 3.71. The molecule has 1 atom stereocenters. The molecule has 1 amide bonds. The van der Waals surface area contributed by atoms with Crippen LogP contribution in [0.25, 0.3) is 0 Å². The van der Waals surface area contributed by atoms with Gasteiger partial charge in [0.2, 0.25) is 0 Å². The van der Waals surface area contributed by atoms with Gasteiger partial charge in [-0.25, -0.2) is 0 Å². The highest BCUT2D eigenvalue weighted by Gasteiger charge is 2.25. The van der Waals surface area contributed by atoms with Gasteiger partial charge in [0.05, 0.1) is 17.9 Å². The van der Waals surface area contributed by atoms with E-state index in [0.717, 1.165) is 48.8 Å². The molecule has 3 aromatic rings. The highest BCUT2D eigenvalue weighted by atomic mass is 16.2. The zero-order valence-electron chi connectivity index (χ0n) is 16.6. The first kappa shape index (κ1) is 18.4. The van der Waals surface area contributed by atoms with Gasteiger partial charge < -0.3 is 5.32 Å².